The lowest BCUT2D eigenvalue weighted by molar-refractivity contribution is -0.125. The van der Waals surface area contributed by atoms with Crippen molar-refractivity contribution in [1.82, 2.24) is 15.3 Å². The molecule has 1 aromatic heterocycles. The van der Waals surface area contributed by atoms with Crippen LogP contribution in [0.15, 0.2) is 47.4 Å². The molecule has 0 bridgehead atoms. The van der Waals surface area contributed by atoms with E-state index in [1.165, 1.54) is 11.8 Å². The number of hydrogen-bond acceptors (Lipinski definition) is 6. The van der Waals surface area contributed by atoms with Crippen LogP contribution in [0.2, 0.25) is 0 Å². The lowest BCUT2D eigenvalue weighted by Gasteiger charge is -2.32. The molecule has 1 fully saturated rings. The maximum absolute atomic E-state index is 12.8. The number of hydrogen-bond donors (Lipinski definition) is 1. The van der Waals surface area contributed by atoms with Gasteiger partial charge in [0.25, 0.3) is 0 Å². The van der Waals surface area contributed by atoms with Gasteiger partial charge in [-0.1, -0.05) is 29.8 Å². The molecule has 1 aliphatic heterocycles. The molecular formula is C24H28N4O3S. The normalized spacial score (nSPS) is 16.8. The number of piperidine rings is 1. The Morgan fingerprint density at radius 2 is 1.88 bits per heavy atom. The average Bonchev–Trinajstić information content (AvgIpc) is 2.77. The van der Waals surface area contributed by atoms with Crippen LogP contribution in [-0.2, 0) is 21.2 Å². The van der Waals surface area contributed by atoms with Gasteiger partial charge in [0, 0.05) is 31.3 Å². The molecule has 1 N–H and O–H groups in total. The molecule has 1 amide bonds. The minimum atomic E-state index is -3.32. The Balaban J connectivity index is 1.50. The maximum Gasteiger partial charge on any atom is 0.226 e. The van der Waals surface area contributed by atoms with Crippen molar-refractivity contribution in [3.05, 3.63) is 59.3 Å². The predicted molar refractivity (Wildman–Crippen MR) is 125 cm³/mol. The number of fused-ring (bicyclic) bond motifs is 1. The molecule has 2 aromatic carbocycles. The zero-order valence-electron chi connectivity index (χ0n) is 18.6. The summed E-state index contributed by atoms with van der Waals surface area (Å²) in [5.74, 6) is 0.431. The number of nitrogens with zero attached hydrogens (tertiary/aromatic N) is 3. The Labute approximate surface area is 188 Å². The number of sulfone groups is 1. The highest BCUT2D eigenvalue weighted by molar-refractivity contribution is 7.90. The van der Waals surface area contributed by atoms with Gasteiger partial charge in [0.05, 0.1) is 22.0 Å². The van der Waals surface area contributed by atoms with Crippen molar-refractivity contribution < 1.29 is 13.2 Å². The SMILES string of the molecule is Cc1ccc(CNC(=O)[C@@H]2CCCN(c3nc(C)c4ccc(S(C)(=O)=O)cc4n3)C2)cc1. The zero-order valence-corrected chi connectivity index (χ0v) is 19.4. The molecule has 0 unspecified atom stereocenters. The first-order valence-electron chi connectivity index (χ1n) is 10.8. The standard InChI is InChI=1S/C24H28N4O3S/c1-16-6-8-18(9-7-16)14-25-23(29)19-5-4-12-28(15-19)24-26-17(2)21-11-10-20(32(3,30)31)13-22(21)27-24/h6-11,13,19H,4-5,12,14-15H2,1-3H3,(H,25,29)/t19-/m1/s1. The molecule has 0 radical (unpaired) electrons. The molecule has 4 rings (SSSR count). The third-order valence-corrected chi connectivity index (χ3v) is 7.05. The molecule has 0 saturated carbocycles. The van der Waals surface area contributed by atoms with Gasteiger partial charge in [-0.2, -0.15) is 0 Å². The topological polar surface area (TPSA) is 92.3 Å². The van der Waals surface area contributed by atoms with Gasteiger partial charge < -0.3 is 10.2 Å². The quantitative estimate of drug-likeness (QED) is 0.639. The van der Waals surface area contributed by atoms with Crippen molar-refractivity contribution in [3.8, 4) is 0 Å². The Hall–Kier alpha value is -3.00. The number of rotatable bonds is 5. The van der Waals surface area contributed by atoms with E-state index < -0.39 is 9.84 Å². The number of nitrogens with one attached hydrogen (secondary N) is 1. The summed E-state index contributed by atoms with van der Waals surface area (Å²) in [5, 5.41) is 3.88. The Kier molecular flexibility index (Phi) is 6.15. The van der Waals surface area contributed by atoms with E-state index in [1.54, 1.807) is 18.2 Å². The molecular weight excluding hydrogens is 424 g/mol. The van der Waals surface area contributed by atoms with Gasteiger partial charge in [-0.25, -0.2) is 18.4 Å². The second kappa shape index (κ2) is 8.86. The van der Waals surface area contributed by atoms with Crippen molar-refractivity contribution in [2.45, 2.75) is 38.1 Å². The van der Waals surface area contributed by atoms with Crippen molar-refractivity contribution >= 4 is 32.6 Å². The summed E-state index contributed by atoms with van der Waals surface area (Å²) >= 11 is 0. The lowest BCUT2D eigenvalue weighted by Crippen LogP contribution is -2.43. The molecule has 0 aliphatic carbocycles. The number of aryl methyl sites for hydroxylation is 2. The number of aromatic nitrogens is 2. The summed E-state index contributed by atoms with van der Waals surface area (Å²) in [7, 11) is -3.32. The molecule has 1 saturated heterocycles. The number of carbonyl (C=O) groups excluding carboxylic acids is 1. The predicted octanol–water partition coefficient (Wildman–Crippen LogP) is 3.18. The summed E-state index contributed by atoms with van der Waals surface area (Å²) < 4.78 is 23.9. The molecule has 1 aliphatic rings. The summed E-state index contributed by atoms with van der Waals surface area (Å²) in [6.45, 7) is 5.74. The second-order valence-electron chi connectivity index (χ2n) is 8.55. The van der Waals surface area contributed by atoms with E-state index in [-0.39, 0.29) is 16.7 Å². The van der Waals surface area contributed by atoms with Gasteiger partial charge in [-0.15, -0.1) is 0 Å². The van der Waals surface area contributed by atoms with Crippen LogP contribution in [0.1, 0.15) is 29.7 Å². The smallest absolute Gasteiger partial charge is 0.226 e. The van der Waals surface area contributed by atoms with E-state index in [4.69, 9.17) is 0 Å². The monoisotopic (exact) mass is 452 g/mol. The summed E-state index contributed by atoms with van der Waals surface area (Å²) in [4.78, 5) is 24.4. The molecule has 168 valence electrons. The minimum Gasteiger partial charge on any atom is -0.352 e. The summed E-state index contributed by atoms with van der Waals surface area (Å²) in [5.41, 5.74) is 3.65. The molecule has 7 nitrogen and oxygen atoms in total. The number of amides is 1. The second-order valence-corrected chi connectivity index (χ2v) is 10.6. The highest BCUT2D eigenvalue weighted by Gasteiger charge is 2.27. The van der Waals surface area contributed by atoms with E-state index >= 15 is 0 Å². The number of carbonyl (C=O) groups is 1. The van der Waals surface area contributed by atoms with Crippen molar-refractivity contribution in [2.75, 3.05) is 24.2 Å². The Morgan fingerprint density at radius 1 is 1.12 bits per heavy atom. The van der Waals surface area contributed by atoms with E-state index in [0.29, 0.717) is 24.6 Å². The highest BCUT2D eigenvalue weighted by Crippen LogP contribution is 2.25. The van der Waals surface area contributed by atoms with Crippen molar-refractivity contribution in [2.24, 2.45) is 5.92 Å². The van der Waals surface area contributed by atoms with E-state index in [9.17, 15) is 13.2 Å². The maximum atomic E-state index is 12.8. The lowest BCUT2D eigenvalue weighted by atomic mass is 9.97. The number of benzene rings is 2. The Bertz CT molecular complexity index is 1260. The highest BCUT2D eigenvalue weighted by atomic mass is 32.2. The van der Waals surface area contributed by atoms with Gasteiger partial charge in [0.2, 0.25) is 11.9 Å². The molecule has 0 spiro atoms. The van der Waals surface area contributed by atoms with Gasteiger partial charge in [-0.3, -0.25) is 4.79 Å². The van der Waals surface area contributed by atoms with Crippen LogP contribution < -0.4 is 10.2 Å². The summed E-state index contributed by atoms with van der Waals surface area (Å²) in [6.07, 6.45) is 2.88. The van der Waals surface area contributed by atoms with Crippen LogP contribution in [0, 0.1) is 19.8 Å². The first kappa shape index (κ1) is 22.2. The van der Waals surface area contributed by atoms with Crippen LogP contribution in [-0.4, -0.2) is 43.6 Å². The van der Waals surface area contributed by atoms with Crippen LogP contribution in [0.4, 0.5) is 5.95 Å². The fourth-order valence-corrected chi connectivity index (χ4v) is 4.68. The molecule has 2 heterocycles. The summed E-state index contributed by atoms with van der Waals surface area (Å²) in [6, 6.07) is 13.1. The van der Waals surface area contributed by atoms with E-state index in [1.807, 2.05) is 43.0 Å². The molecule has 3 aromatic rings. The van der Waals surface area contributed by atoms with Gasteiger partial charge in [-0.05, 0) is 50.5 Å². The number of anilines is 1. The van der Waals surface area contributed by atoms with E-state index in [0.717, 1.165) is 36.0 Å². The fourth-order valence-electron chi connectivity index (χ4n) is 4.04. The first-order valence-corrected chi connectivity index (χ1v) is 12.7. The van der Waals surface area contributed by atoms with Gasteiger partial charge in [0.1, 0.15) is 0 Å². The molecule has 32 heavy (non-hydrogen) atoms. The molecule has 8 heteroatoms. The van der Waals surface area contributed by atoms with Gasteiger partial charge in [0.15, 0.2) is 9.84 Å². The fraction of sp³-hybridized carbons (Fsp3) is 0.375. The largest absolute Gasteiger partial charge is 0.352 e. The van der Waals surface area contributed by atoms with Crippen LogP contribution in [0.25, 0.3) is 10.9 Å². The zero-order chi connectivity index (χ0) is 22.9. The van der Waals surface area contributed by atoms with Crippen LogP contribution in [0.5, 0.6) is 0 Å². The molecule has 1 atom stereocenters. The minimum absolute atomic E-state index is 0.0344. The first-order chi connectivity index (χ1) is 15.2. The van der Waals surface area contributed by atoms with Gasteiger partial charge >= 0.3 is 0 Å². The van der Waals surface area contributed by atoms with Crippen molar-refractivity contribution in [1.29, 1.82) is 0 Å². The third-order valence-electron chi connectivity index (χ3n) is 5.94. The Morgan fingerprint density at radius 3 is 2.59 bits per heavy atom. The average molecular weight is 453 g/mol. The van der Waals surface area contributed by atoms with Crippen LogP contribution in [0.3, 0.4) is 0 Å². The van der Waals surface area contributed by atoms with Crippen LogP contribution >= 0.6 is 0 Å². The van der Waals surface area contributed by atoms with E-state index in [2.05, 4.69) is 15.3 Å². The third kappa shape index (κ3) is 4.91. The van der Waals surface area contributed by atoms with Crippen molar-refractivity contribution in [3.63, 3.8) is 0 Å².